The number of hydrogen-bond donors (Lipinski definition) is 3. The molecule has 3 heterocycles. The van der Waals surface area contributed by atoms with Gasteiger partial charge in [0.05, 0.1) is 12.2 Å². The molecule has 0 radical (unpaired) electrons. The molecule has 0 saturated carbocycles. The molecule has 3 amide bonds. The Morgan fingerprint density at radius 2 is 1.80 bits per heavy atom. The van der Waals surface area contributed by atoms with Crippen molar-refractivity contribution < 1.29 is 37.1 Å². The van der Waals surface area contributed by atoms with Crippen LogP contribution in [-0.4, -0.2) is 51.5 Å². The summed E-state index contributed by atoms with van der Waals surface area (Å²) in [6, 6.07) is 19.9. The van der Waals surface area contributed by atoms with E-state index in [1.165, 1.54) is 11.3 Å². The molecule has 3 aromatic rings. The second-order valence-corrected chi connectivity index (χ2v) is 14.6. The average molecular weight is 656 g/mol. The first-order chi connectivity index (χ1) is 21.7. The highest BCUT2D eigenvalue weighted by molar-refractivity contribution is 7.92. The van der Waals surface area contributed by atoms with Gasteiger partial charge >= 0.3 is 6.09 Å². The van der Waals surface area contributed by atoms with Crippen molar-refractivity contribution in [3.05, 3.63) is 77.2 Å². The van der Waals surface area contributed by atoms with E-state index in [0.717, 1.165) is 28.8 Å². The van der Waals surface area contributed by atoms with Crippen LogP contribution in [0.2, 0.25) is 0 Å². The second-order valence-electron chi connectivity index (χ2n) is 11.1. The first-order valence-electron chi connectivity index (χ1n) is 15.0. The van der Waals surface area contributed by atoms with Gasteiger partial charge in [-0.05, 0) is 61.1 Å². The van der Waals surface area contributed by atoms with Crippen molar-refractivity contribution in [3.63, 3.8) is 0 Å². The fourth-order valence-electron chi connectivity index (χ4n) is 5.47. The minimum Gasteiger partial charge on any atom is -0.445 e. The average Bonchev–Trinajstić information content (AvgIpc) is 3.55. The zero-order chi connectivity index (χ0) is 31.7. The zero-order valence-electron chi connectivity index (χ0n) is 24.8. The maximum absolute atomic E-state index is 13.6. The fourth-order valence-corrected chi connectivity index (χ4v) is 9.24. The molecule has 11 nitrogen and oxygen atoms in total. The molecule has 0 bridgehead atoms. The van der Waals surface area contributed by atoms with E-state index >= 15 is 0 Å². The molecule has 2 aromatic carbocycles. The number of benzene rings is 2. The van der Waals surface area contributed by atoms with Crippen LogP contribution in [-0.2, 0) is 45.1 Å². The predicted octanol–water partition coefficient (Wildman–Crippen LogP) is 5.04. The summed E-state index contributed by atoms with van der Waals surface area (Å²) < 4.78 is 36.4. The number of ether oxygens (including phenoxy) is 2. The van der Waals surface area contributed by atoms with Crippen LogP contribution in [0.1, 0.15) is 55.4 Å². The number of anilines is 1. The van der Waals surface area contributed by atoms with Crippen molar-refractivity contribution in [1.29, 1.82) is 0 Å². The largest absolute Gasteiger partial charge is 0.445 e. The van der Waals surface area contributed by atoms with Crippen LogP contribution in [0.3, 0.4) is 0 Å². The zero-order valence-corrected chi connectivity index (χ0v) is 26.4. The number of amides is 3. The van der Waals surface area contributed by atoms with Crippen molar-refractivity contribution in [2.75, 3.05) is 24.2 Å². The molecule has 2 aliphatic heterocycles. The number of rotatable bonds is 11. The van der Waals surface area contributed by atoms with Gasteiger partial charge in [-0.25, -0.2) is 23.5 Å². The summed E-state index contributed by atoms with van der Waals surface area (Å²) in [5.74, 6) is -0.934. The SMILES string of the molecule is O=C(C[C@]1(c2ccc(-c3cccc(NC(=O)CNC(=O)OCc4ccccc4)c3)s2)CCCCS1(=O)=O)NOC1CCCCO1. The van der Waals surface area contributed by atoms with Crippen molar-refractivity contribution >= 4 is 44.8 Å². The smallest absolute Gasteiger partial charge is 0.407 e. The predicted molar refractivity (Wildman–Crippen MR) is 170 cm³/mol. The molecular weight excluding hydrogens is 618 g/mol. The molecule has 5 rings (SSSR count). The van der Waals surface area contributed by atoms with Crippen LogP contribution < -0.4 is 16.1 Å². The lowest BCUT2D eigenvalue weighted by Gasteiger charge is -2.35. The van der Waals surface area contributed by atoms with Gasteiger partial charge in [-0.2, -0.15) is 0 Å². The van der Waals surface area contributed by atoms with Gasteiger partial charge in [-0.3, -0.25) is 9.59 Å². The highest BCUT2D eigenvalue weighted by Crippen LogP contribution is 2.47. The molecule has 2 fully saturated rings. The molecule has 3 N–H and O–H groups in total. The number of carbonyl (C=O) groups excluding carboxylic acids is 3. The molecule has 1 unspecified atom stereocenters. The highest BCUT2D eigenvalue weighted by atomic mass is 32.2. The van der Waals surface area contributed by atoms with Crippen LogP contribution in [0.5, 0.6) is 0 Å². The molecule has 240 valence electrons. The first kappa shape index (κ1) is 32.6. The number of nitrogens with one attached hydrogen (secondary N) is 3. The van der Waals surface area contributed by atoms with Crippen LogP contribution in [0.25, 0.3) is 10.4 Å². The van der Waals surface area contributed by atoms with E-state index in [0.29, 0.717) is 42.9 Å². The Morgan fingerprint density at radius 3 is 2.58 bits per heavy atom. The molecule has 45 heavy (non-hydrogen) atoms. The Balaban J connectivity index is 1.22. The molecule has 0 aliphatic carbocycles. The van der Waals surface area contributed by atoms with Gasteiger partial charge in [0.2, 0.25) is 11.8 Å². The van der Waals surface area contributed by atoms with Crippen molar-refractivity contribution in [1.82, 2.24) is 10.8 Å². The quantitative estimate of drug-likeness (QED) is 0.244. The number of sulfone groups is 1. The van der Waals surface area contributed by atoms with Gasteiger partial charge in [-0.15, -0.1) is 11.3 Å². The lowest BCUT2D eigenvalue weighted by molar-refractivity contribution is -0.200. The third-order valence-corrected chi connectivity index (χ3v) is 11.9. The standard InChI is InChI=1S/C32H37N3O8S2/c36-28(35-43-30-13-4-6-17-41-30)20-32(16-5-7-18-45(32,39)40)27-15-14-26(44-27)24-11-8-12-25(19-24)34-29(37)21-33-31(38)42-22-23-9-2-1-3-10-23/h1-3,8-12,14-15,19,30H,4-7,13,16-18,20-22H2,(H,33,38)(H,34,37)(H,35,36)/t30?,32-/m0/s1. The molecule has 2 atom stereocenters. The third-order valence-electron chi connectivity index (χ3n) is 7.82. The number of hydroxylamine groups is 1. The van der Waals surface area contributed by atoms with E-state index < -0.39 is 38.8 Å². The normalized spacial score (nSPS) is 20.9. The van der Waals surface area contributed by atoms with Crippen LogP contribution in [0.4, 0.5) is 10.5 Å². The van der Waals surface area contributed by atoms with Crippen molar-refractivity contribution in [2.45, 2.75) is 62.6 Å². The lowest BCUT2D eigenvalue weighted by atomic mass is 9.94. The van der Waals surface area contributed by atoms with E-state index in [4.69, 9.17) is 14.3 Å². The molecule has 2 aliphatic rings. The monoisotopic (exact) mass is 655 g/mol. The summed E-state index contributed by atoms with van der Waals surface area (Å²) in [5.41, 5.74) is 4.54. The van der Waals surface area contributed by atoms with Gasteiger partial charge in [-0.1, -0.05) is 48.9 Å². The lowest BCUT2D eigenvalue weighted by Crippen LogP contribution is -2.45. The maximum Gasteiger partial charge on any atom is 0.407 e. The first-order valence-corrected chi connectivity index (χ1v) is 17.4. The second kappa shape index (κ2) is 15.0. The van der Waals surface area contributed by atoms with E-state index in [9.17, 15) is 22.8 Å². The van der Waals surface area contributed by atoms with Crippen molar-refractivity contribution in [3.8, 4) is 10.4 Å². The van der Waals surface area contributed by atoms with E-state index in [-0.39, 0.29) is 25.3 Å². The highest BCUT2D eigenvalue weighted by Gasteiger charge is 2.49. The summed E-state index contributed by atoms with van der Waals surface area (Å²) in [5, 5.41) is 5.20. The minimum absolute atomic E-state index is 0.00938. The Labute approximate surface area is 266 Å². The summed E-state index contributed by atoms with van der Waals surface area (Å²) >= 11 is 1.32. The molecule has 0 spiro atoms. The van der Waals surface area contributed by atoms with E-state index in [1.807, 2.05) is 42.5 Å². The van der Waals surface area contributed by atoms with Crippen LogP contribution >= 0.6 is 11.3 Å². The molecule has 1 aromatic heterocycles. The molecule has 2 saturated heterocycles. The Bertz CT molecular complexity index is 1590. The van der Waals surface area contributed by atoms with Crippen molar-refractivity contribution in [2.24, 2.45) is 0 Å². The van der Waals surface area contributed by atoms with Crippen LogP contribution in [0.15, 0.2) is 66.7 Å². The number of alkyl carbamates (subject to hydrolysis) is 1. The summed E-state index contributed by atoms with van der Waals surface area (Å²) in [4.78, 5) is 44.4. The third kappa shape index (κ3) is 8.48. The number of hydrogen-bond acceptors (Lipinski definition) is 9. The summed E-state index contributed by atoms with van der Waals surface area (Å²) in [6.07, 6.45) is 2.61. The van der Waals surface area contributed by atoms with E-state index in [1.54, 1.807) is 24.3 Å². The summed E-state index contributed by atoms with van der Waals surface area (Å²) in [6.45, 7) is 0.373. The van der Waals surface area contributed by atoms with Crippen LogP contribution in [0, 0.1) is 0 Å². The Hall–Kier alpha value is -3.78. The van der Waals surface area contributed by atoms with Gasteiger partial charge < -0.3 is 20.1 Å². The topological polar surface area (TPSA) is 149 Å². The minimum atomic E-state index is -3.64. The molecule has 13 heteroatoms. The maximum atomic E-state index is 13.6. The number of thiophene rings is 1. The van der Waals surface area contributed by atoms with Gasteiger partial charge in [0.25, 0.3) is 0 Å². The Kier molecular flexibility index (Phi) is 10.9. The van der Waals surface area contributed by atoms with Gasteiger partial charge in [0.15, 0.2) is 16.1 Å². The number of carbonyl (C=O) groups is 3. The Morgan fingerprint density at radius 1 is 0.956 bits per heavy atom. The van der Waals surface area contributed by atoms with Gasteiger partial charge in [0.1, 0.15) is 17.9 Å². The summed E-state index contributed by atoms with van der Waals surface area (Å²) in [7, 11) is -3.64. The van der Waals surface area contributed by atoms with Gasteiger partial charge in [0, 0.05) is 28.5 Å². The molecular formula is C32H37N3O8S2. The van der Waals surface area contributed by atoms with E-state index in [2.05, 4.69) is 16.1 Å². The fraction of sp³-hybridized carbons (Fsp3) is 0.406.